The van der Waals surface area contributed by atoms with Crippen LogP contribution < -0.4 is 0 Å². The smallest absolute Gasteiger partial charge is 0.448 e. The molecule has 0 aliphatic carbocycles. The zero-order valence-corrected chi connectivity index (χ0v) is 7.78. The molecule has 0 atom stereocenters. The second-order valence-electron chi connectivity index (χ2n) is 2.83. The van der Waals surface area contributed by atoms with E-state index in [9.17, 15) is 13.2 Å². The van der Waals surface area contributed by atoms with E-state index in [0.29, 0.717) is 6.42 Å². The first kappa shape index (κ1) is 12.3. The van der Waals surface area contributed by atoms with Crippen molar-refractivity contribution in [2.75, 3.05) is 6.61 Å². The van der Waals surface area contributed by atoms with Gasteiger partial charge in [-0.05, 0) is 6.42 Å². The van der Waals surface area contributed by atoms with Gasteiger partial charge in [-0.15, -0.1) is 0 Å². The van der Waals surface area contributed by atoms with Crippen molar-refractivity contribution in [1.82, 2.24) is 0 Å². The van der Waals surface area contributed by atoms with Crippen molar-refractivity contribution < 1.29 is 17.9 Å². The Balaban J connectivity index is 3.38. The number of halogens is 3. The summed E-state index contributed by atoms with van der Waals surface area (Å²) >= 11 is 0. The molecular weight excluding hydrogens is 181 g/mol. The Morgan fingerprint density at radius 2 is 1.85 bits per heavy atom. The van der Waals surface area contributed by atoms with Gasteiger partial charge in [0, 0.05) is 0 Å². The maximum Gasteiger partial charge on any atom is 0.448 e. The maximum absolute atomic E-state index is 11.8. The Morgan fingerprint density at radius 1 is 1.23 bits per heavy atom. The summed E-state index contributed by atoms with van der Waals surface area (Å²) in [6, 6.07) is 0. The van der Waals surface area contributed by atoms with Crippen LogP contribution in [-0.2, 0) is 4.74 Å². The van der Waals surface area contributed by atoms with Crippen molar-refractivity contribution in [3.8, 4) is 0 Å². The lowest BCUT2D eigenvalue weighted by Crippen LogP contribution is -2.14. The van der Waals surface area contributed by atoms with E-state index in [4.69, 9.17) is 0 Å². The van der Waals surface area contributed by atoms with Crippen LogP contribution in [0, 0.1) is 0 Å². The Kier molecular flexibility index (Phi) is 5.58. The first-order valence-corrected chi connectivity index (χ1v) is 4.37. The number of alkyl halides is 3. The van der Waals surface area contributed by atoms with E-state index in [1.54, 1.807) is 0 Å². The van der Waals surface area contributed by atoms with E-state index in [2.05, 4.69) is 11.3 Å². The molecule has 0 aromatic carbocycles. The highest BCUT2D eigenvalue weighted by Crippen LogP contribution is 2.24. The van der Waals surface area contributed by atoms with Gasteiger partial charge in [0.05, 0.1) is 6.61 Å². The molecular formula is C9H15F3O. The van der Waals surface area contributed by atoms with Gasteiger partial charge in [-0.1, -0.05) is 32.8 Å². The van der Waals surface area contributed by atoms with E-state index in [0.717, 1.165) is 19.3 Å². The summed E-state index contributed by atoms with van der Waals surface area (Å²) in [5.74, 6) is -1.09. The topological polar surface area (TPSA) is 9.23 Å². The molecule has 0 amide bonds. The van der Waals surface area contributed by atoms with Crippen molar-refractivity contribution >= 4 is 0 Å². The van der Waals surface area contributed by atoms with Crippen LogP contribution >= 0.6 is 0 Å². The van der Waals surface area contributed by atoms with Gasteiger partial charge in [0.2, 0.25) is 0 Å². The third kappa shape index (κ3) is 6.49. The molecule has 4 heteroatoms. The Bertz CT molecular complexity index is 151. The zero-order valence-electron chi connectivity index (χ0n) is 7.78. The van der Waals surface area contributed by atoms with Crippen LogP contribution in [0.1, 0.15) is 32.6 Å². The fourth-order valence-electron chi connectivity index (χ4n) is 0.806. The number of allylic oxidation sites excluding steroid dienone is 1. The average molecular weight is 196 g/mol. The lowest BCUT2D eigenvalue weighted by molar-refractivity contribution is -0.130. The minimum absolute atomic E-state index is 0.109. The van der Waals surface area contributed by atoms with Gasteiger partial charge in [-0.2, -0.15) is 13.2 Å². The van der Waals surface area contributed by atoms with Gasteiger partial charge >= 0.3 is 6.18 Å². The molecule has 78 valence electrons. The summed E-state index contributed by atoms with van der Waals surface area (Å²) < 4.78 is 39.8. The highest BCUT2D eigenvalue weighted by molar-refractivity contribution is 4.91. The predicted octanol–water partition coefficient (Wildman–Crippen LogP) is 3.66. The highest BCUT2D eigenvalue weighted by atomic mass is 19.4. The second kappa shape index (κ2) is 5.89. The van der Waals surface area contributed by atoms with Crippen LogP contribution in [0.25, 0.3) is 0 Å². The molecule has 0 rings (SSSR count). The average Bonchev–Trinajstić information content (AvgIpc) is 2.02. The van der Waals surface area contributed by atoms with E-state index in [1.807, 2.05) is 6.92 Å². The van der Waals surface area contributed by atoms with E-state index in [-0.39, 0.29) is 6.61 Å². The molecule has 13 heavy (non-hydrogen) atoms. The van der Waals surface area contributed by atoms with Gasteiger partial charge < -0.3 is 4.74 Å². The van der Waals surface area contributed by atoms with Crippen LogP contribution in [0.5, 0.6) is 0 Å². The van der Waals surface area contributed by atoms with E-state index in [1.165, 1.54) is 0 Å². The molecule has 0 N–H and O–H groups in total. The minimum Gasteiger partial charge on any atom is -0.489 e. The molecule has 0 aromatic heterocycles. The maximum atomic E-state index is 11.8. The summed E-state index contributed by atoms with van der Waals surface area (Å²) in [4.78, 5) is 0. The summed E-state index contributed by atoms with van der Waals surface area (Å²) in [5.41, 5.74) is 0. The molecule has 0 unspecified atom stereocenters. The molecule has 0 radical (unpaired) electrons. The number of hydrogen-bond donors (Lipinski definition) is 0. The molecule has 0 heterocycles. The molecule has 0 aliphatic heterocycles. The molecule has 0 bridgehead atoms. The van der Waals surface area contributed by atoms with Crippen LogP contribution in [0.4, 0.5) is 13.2 Å². The second-order valence-corrected chi connectivity index (χ2v) is 2.83. The Morgan fingerprint density at radius 3 is 2.31 bits per heavy atom. The largest absolute Gasteiger partial charge is 0.489 e. The lowest BCUT2D eigenvalue weighted by atomic mass is 10.2. The van der Waals surface area contributed by atoms with Crippen LogP contribution in [0.2, 0.25) is 0 Å². The van der Waals surface area contributed by atoms with Crippen LogP contribution in [0.3, 0.4) is 0 Å². The lowest BCUT2D eigenvalue weighted by Gasteiger charge is -2.11. The number of hydrogen-bond acceptors (Lipinski definition) is 1. The SMILES string of the molecule is C=C(OCCCCCC)C(F)(F)F. The number of unbranched alkanes of at least 4 members (excludes halogenated alkanes) is 3. The van der Waals surface area contributed by atoms with Crippen molar-refractivity contribution in [2.45, 2.75) is 38.8 Å². The first-order chi connectivity index (χ1) is 5.98. The first-order valence-electron chi connectivity index (χ1n) is 4.37. The molecule has 0 spiro atoms. The van der Waals surface area contributed by atoms with E-state index < -0.39 is 11.9 Å². The molecule has 0 saturated heterocycles. The van der Waals surface area contributed by atoms with Crippen molar-refractivity contribution in [3.63, 3.8) is 0 Å². The third-order valence-electron chi connectivity index (χ3n) is 1.59. The van der Waals surface area contributed by atoms with Crippen molar-refractivity contribution in [3.05, 3.63) is 12.3 Å². The fourth-order valence-corrected chi connectivity index (χ4v) is 0.806. The molecule has 0 aliphatic rings. The van der Waals surface area contributed by atoms with Crippen molar-refractivity contribution in [2.24, 2.45) is 0 Å². The van der Waals surface area contributed by atoms with Gasteiger partial charge in [0.1, 0.15) is 0 Å². The van der Waals surface area contributed by atoms with Gasteiger partial charge in [-0.3, -0.25) is 0 Å². The molecule has 0 saturated carbocycles. The highest BCUT2D eigenvalue weighted by Gasteiger charge is 2.33. The summed E-state index contributed by atoms with van der Waals surface area (Å²) in [6.45, 7) is 4.94. The minimum atomic E-state index is -4.41. The molecule has 0 fully saturated rings. The van der Waals surface area contributed by atoms with E-state index >= 15 is 0 Å². The summed E-state index contributed by atoms with van der Waals surface area (Å²) in [5, 5.41) is 0. The predicted molar refractivity (Wildman–Crippen MR) is 45.3 cm³/mol. The standard InChI is InChI=1S/C9H15F3O/c1-3-4-5-6-7-13-8(2)9(10,11)12/h2-7H2,1H3. The van der Waals surface area contributed by atoms with Gasteiger partial charge in [0.25, 0.3) is 0 Å². The van der Waals surface area contributed by atoms with Crippen molar-refractivity contribution in [1.29, 1.82) is 0 Å². The quantitative estimate of drug-likeness (QED) is 0.465. The van der Waals surface area contributed by atoms with Crippen LogP contribution in [-0.4, -0.2) is 12.8 Å². The molecule has 1 nitrogen and oxygen atoms in total. The third-order valence-corrected chi connectivity index (χ3v) is 1.59. The summed E-state index contributed by atoms with van der Waals surface area (Å²) in [6.07, 6.45) is -0.766. The van der Waals surface area contributed by atoms with Gasteiger partial charge in [-0.25, -0.2) is 0 Å². The molecule has 0 aromatic rings. The Hall–Kier alpha value is -0.670. The summed E-state index contributed by atoms with van der Waals surface area (Å²) in [7, 11) is 0. The monoisotopic (exact) mass is 196 g/mol. The normalized spacial score (nSPS) is 11.4. The Labute approximate surface area is 76.6 Å². The number of rotatable bonds is 6. The zero-order chi connectivity index (χ0) is 10.3. The fraction of sp³-hybridized carbons (Fsp3) is 0.778. The van der Waals surface area contributed by atoms with Gasteiger partial charge in [0.15, 0.2) is 5.76 Å². The number of ether oxygens (including phenoxy) is 1. The van der Waals surface area contributed by atoms with Crippen LogP contribution in [0.15, 0.2) is 12.3 Å².